The van der Waals surface area contributed by atoms with Crippen molar-refractivity contribution in [3.8, 4) is 0 Å². The van der Waals surface area contributed by atoms with E-state index in [-0.39, 0.29) is 17.9 Å². The molecule has 0 atom stereocenters. The Morgan fingerprint density at radius 3 is 2.46 bits per heavy atom. The number of hydrogen-bond acceptors (Lipinski definition) is 6. The van der Waals surface area contributed by atoms with Crippen LogP contribution < -0.4 is 5.32 Å². The zero-order chi connectivity index (χ0) is 24.6. The van der Waals surface area contributed by atoms with Gasteiger partial charge in [0.2, 0.25) is 5.91 Å². The Morgan fingerprint density at radius 2 is 1.66 bits per heavy atom. The number of carbonyl (C=O) groups is 3. The Hall–Kier alpha value is -4.78. The highest BCUT2D eigenvalue weighted by Crippen LogP contribution is 2.18. The molecule has 0 aliphatic carbocycles. The van der Waals surface area contributed by atoms with Gasteiger partial charge in [0.25, 0.3) is 0 Å². The fourth-order valence-electron chi connectivity index (χ4n) is 3.38. The summed E-state index contributed by atoms with van der Waals surface area (Å²) in [6, 6.07) is 24.9. The zero-order valence-electron chi connectivity index (χ0n) is 18.9. The Bertz CT molecular complexity index is 1410. The van der Waals surface area contributed by atoms with Crippen molar-refractivity contribution in [3.05, 3.63) is 113 Å². The minimum Gasteiger partial charge on any atom is -0.465 e. The van der Waals surface area contributed by atoms with Crippen molar-refractivity contribution in [2.75, 3.05) is 12.4 Å². The molecule has 0 fully saturated rings. The second-order valence-electron chi connectivity index (χ2n) is 7.57. The molecule has 0 saturated heterocycles. The van der Waals surface area contributed by atoms with Crippen molar-refractivity contribution in [1.82, 2.24) is 4.98 Å². The first kappa shape index (κ1) is 23.4. The van der Waals surface area contributed by atoms with E-state index in [0.717, 1.165) is 16.5 Å². The zero-order valence-corrected chi connectivity index (χ0v) is 18.9. The van der Waals surface area contributed by atoms with Crippen molar-refractivity contribution in [1.29, 1.82) is 0 Å². The van der Waals surface area contributed by atoms with Gasteiger partial charge >= 0.3 is 11.9 Å². The van der Waals surface area contributed by atoms with Crippen LogP contribution in [0.25, 0.3) is 17.0 Å². The number of nitrogens with zero attached hydrogens (tertiary/aromatic N) is 1. The van der Waals surface area contributed by atoms with Crippen LogP contribution in [-0.4, -0.2) is 29.9 Å². The number of carbonyl (C=O) groups excluding carboxylic acids is 3. The van der Waals surface area contributed by atoms with Crippen LogP contribution >= 0.6 is 0 Å². The van der Waals surface area contributed by atoms with Crippen molar-refractivity contribution < 1.29 is 23.9 Å². The van der Waals surface area contributed by atoms with E-state index in [1.54, 1.807) is 54.6 Å². The van der Waals surface area contributed by atoms with Gasteiger partial charge in [0.05, 0.1) is 23.9 Å². The molecule has 0 radical (unpaired) electrons. The molecule has 4 rings (SSSR count). The highest BCUT2D eigenvalue weighted by atomic mass is 16.5. The lowest BCUT2D eigenvalue weighted by atomic mass is 10.1. The molecular formula is C28H22N2O5. The van der Waals surface area contributed by atoms with Crippen LogP contribution in [0, 0.1) is 0 Å². The lowest BCUT2D eigenvalue weighted by molar-refractivity contribution is -0.111. The molecule has 1 amide bonds. The number of esters is 2. The molecule has 0 unspecified atom stereocenters. The van der Waals surface area contributed by atoms with Gasteiger partial charge in [-0.2, -0.15) is 0 Å². The third-order valence-electron chi connectivity index (χ3n) is 5.15. The Kier molecular flexibility index (Phi) is 7.28. The first-order chi connectivity index (χ1) is 17.0. The summed E-state index contributed by atoms with van der Waals surface area (Å²) in [7, 11) is 1.28. The number of anilines is 1. The van der Waals surface area contributed by atoms with Gasteiger partial charge in [0, 0.05) is 11.5 Å². The van der Waals surface area contributed by atoms with E-state index >= 15 is 0 Å². The summed E-state index contributed by atoms with van der Waals surface area (Å²) in [4.78, 5) is 41.0. The second-order valence-corrected chi connectivity index (χ2v) is 7.57. The molecule has 1 heterocycles. The van der Waals surface area contributed by atoms with Gasteiger partial charge in [-0.25, -0.2) is 14.6 Å². The topological polar surface area (TPSA) is 94.6 Å². The number of benzene rings is 3. The van der Waals surface area contributed by atoms with E-state index in [1.165, 1.54) is 13.2 Å². The molecule has 1 N–H and O–H groups in total. The first-order valence-electron chi connectivity index (χ1n) is 10.8. The summed E-state index contributed by atoms with van der Waals surface area (Å²) in [5.41, 5.74) is 3.16. The highest BCUT2D eigenvalue weighted by Gasteiger charge is 2.12. The van der Waals surface area contributed by atoms with Gasteiger partial charge in [0.15, 0.2) is 0 Å². The van der Waals surface area contributed by atoms with E-state index in [4.69, 9.17) is 9.47 Å². The monoisotopic (exact) mass is 466 g/mol. The summed E-state index contributed by atoms with van der Waals surface area (Å²) in [6.45, 7) is 0.176. The van der Waals surface area contributed by atoms with E-state index in [2.05, 4.69) is 10.3 Å². The number of fused-ring (bicyclic) bond motifs is 1. The van der Waals surface area contributed by atoms with Gasteiger partial charge < -0.3 is 14.8 Å². The average Bonchev–Trinajstić information content (AvgIpc) is 2.90. The van der Waals surface area contributed by atoms with Crippen LogP contribution in [0.2, 0.25) is 0 Å². The number of amides is 1. The predicted molar refractivity (Wildman–Crippen MR) is 133 cm³/mol. The van der Waals surface area contributed by atoms with Crippen LogP contribution in [0.3, 0.4) is 0 Å². The van der Waals surface area contributed by atoms with Gasteiger partial charge in [-0.3, -0.25) is 4.79 Å². The molecule has 174 valence electrons. The van der Waals surface area contributed by atoms with Crippen LogP contribution in [0.4, 0.5) is 5.69 Å². The van der Waals surface area contributed by atoms with E-state index in [0.29, 0.717) is 11.2 Å². The Labute approximate surface area is 202 Å². The fraction of sp³-hybridized carbons (Fsp3) is 0.0714. The molecular weight excluding hydrogens is 444 g/mol. The van der Waals surface area contributed by atoms with E-state index < -0.39 is 17.8 Å². The minimum atomic E-state index is -0.532. The summed E-state index contributed by atoms with van der Waals surface area (Å²) in [5, 5.41) is 3.50. The van der Waals surface area contributed by atoms with Gasteiger partial charge in [-0.15, -0.1) is 0 Å². The number of hydrogen-bond donors (Lipinski definition) is 1. The number of aromatic nitrogens is 1. The number of methoxy groups -OCH3 is 1. The normalized spacial score (nSPS) is 10.8. The number of pyridine rings is 1. The average molecular weight is 466 g/mol. The third-order valence-corrected chi connectivity index (χ3v) is 5.15. The molecule has 7 nitrogen and oxygen atoms in total. The molecule has 7 heteroatoms. The molecule has 0 saturated carbocycles. The predicted octanol–water partition coefficient (Wildman–Crippen LogP) is 5.03. The molecule has 0 aliphatic rings. The van der Waals surface area contributed by atoms with Gasteiger partial charge in [-0.1, -0.05) is 54.6 Å². The quantitative estimate of drug-likeness (QED) is 0.303. The molecule has 0 bridgehead atoms. The maximum absolute atomic E-state index is 12.4. The summed E-state index contributed by atoms with van der Waals surface area (Å²) in [6.07, 6.45) is 3.02. The first-order valence-corrected chi connectivity index (χ1v) is 10.8. The standard InChI is InChI=1S/C28H22N2O5/c1-34-27(32)22-9-5-6-10-24(22)30-26(31)16-12-19-11-14-23-21(17-19)13-15-25(29-23)28(33)35-18-20-7-3-2-4-8-20/h2-17H,18H2,1H3,(H,30,31)/b16-12+. The van der Waals surface area contributed by atoms with Crippen LogP contribution in [0.5, 0.6) is 0 Å². The molecule has 35 heavy (non-hydrogen) atoms. The maximum atomic E-state index is 12.4. The molecule has 1 aromatic heterocycles. The largest absolute Gasteiger partial charge is 0.465 e. The van der Waals surface area contributed by atoms with Crippen LogP contribution in [-0.2, 0) is 20.9 Å². The minimum absolute atomic E-state index is 0.176. The summed E-state index contributed by atoms with van der Waals surface area (Å²) in [5.74, 6) is -1.42. The Balaban J connectivity index is 1.42. The summed E-state index contributed by atoms with van der Waals surface area (Å²) < 4.78 is 10.1. The van der Waals surface area contributed by atoms with Crippen LogP contribution in [0.15, 0.2) is 91.0 Å². The number of rotatable bonds is 7. The lowest BCUT2D eigenvalue weighted by Crippen LogP contribution is -2.12. The molecule has 3 aromatic carbocycles. The molecule has 4 aromatic rings. The van der Waals surface area contributed by atoms with Gasteiger partial charge in [0.1, 0.15) is 12.3 Å². The maximum Gasteiger partial charge on any atom is 0.357 e. The Morgan fingerprint density at radius 1 is 0.886 bits per heavy atom. The third kappa shape index (κ3) is 5.97. The van der Waals surface area contributed by atoms with Crippen molar-refractivity contribution in [2.24, 2.45) is 0 Å². The molecule has 0 aliphatic heterocycles. The smallest absolute Gasteiger partial charge is 0.357 e. The SMILES string of the molecule is COC(=O)c1ccccc1NC(=O)/C=C/c1ccc2nc(C(=O)OCc3ccccc3)ccc2c1. The highest BCUT2D eigenvalue weighted by molar-refractivity contribution is 6.06. The van der Waals surface area contributed by atoms with E-state index in [1.807, 2.05) is 36.4 Å². The summed E-state index contributed by atoms with van der Waals surface area (Å²) >= 11 is 0. The van der Waals surface area contributed by atoms with Gasteiger partial charge in [-0.05, 0) is 47.5 Å². The number of nitrogens with one attached hydrogen (secondary N) is 1. The van der Waals surface area contributed by atoms with Crippen molar-refractivity contribution >= 4 is 40.5 Å². The fourth-order valence-corrected chi connectivity index (χ4v) is 3.38. The van der Waals surface area contributed by atoms with Crippen LogP contribution in [0.1, 0.15) is 32.0 Å². The van der Waals surface area contributed by atoms with Crippen molar-refractivity contribution in [3.63, 3.8) is 0 Å². The number of para-hydroxylation sites is 1. The number of ether oxygens (including phenoxy) is 2. The second kappa shape index (κ2) is 10.9. The molecule has 0 spiro atoms. The lowest BCUT2D eigenvalue weighted by Gasteiger charge is -2.08. The van der Waals surface area contributed by atoms with E-state index in [9.17, 15) is 14.4 Å². The van der Waals surface area contributed by atoms with Crippen molar-refractivity contribution in [2.45, 2.75) is 6.61 Å².